The lowest BCUT2D eigenvalue weighted by Crippen LogP contribution is -2.37. The van der Waals surface area contributed by atoms with Crippen molar-refractivity contribution < 1.29 is 23.8 Å². The Kier molecular flexibility index (Phi) is 6.86. The largest absolute Gasteiger partial charge is 0.497 e. The van der Waals surface area contributed by atoms with Gasteiger partial charge in [-0.3, -0.25) is 4.79 Å². The molecular formula is C21H24N2O5. The summed E-state index contributed by atoms with van der Waals surface area (Å²) in [6.07, 6.45) is -0.464. The lowest BCUT2D eigenvalue weighted by Gasteiger charge is -2.21. The number of nitrogens with zero attached hydrogens (tertiary/aromatic N) is 1. The van der Waals surface area contributed by atoms with Crippen LogP contribution in [0.1, 0.15) is 12.0 Å². The second-order valence-corrected chi connectivity index (χ2v) is 6.43. The van der Waals surface area contributed by atoms with E-state index in [1.165, 1.54) is 0 Å². The van der Waals surface area contributed by atoms with Crippen LogP contribution in [0.2, 0.25) is 0 Å². The standard InChI is InChI=1S/C21H24N2O5/c1-26-19-9-7-17(8-10-19)22-18(13-20(24)23-11-12-28-21(23)25)15-27-14-16-5-3-2-4-6-16/h2-10,18,22H,11-15H2,1H3/t18-/m1/s1. The normalized spacial score (nSPS) is 14.5. The van der Waals surface area contributed by atoms with Crippen LogP contribution in [-0.4, -0.2) is 49.8 Å². The lowest BCUT2D eigenvalue weighted by molar-refractivity contribution is -0.128. The summed E-state index contributed by atoms with van der Waals surface area (Å²) in [5.41, 5.74) is 1.89. The summed E-state index contributed by atoms with van der Waals surface area (Å²) in [6, 6.07) is 16.9. The van der Waals surface area contributed by atoms with Gasteiger partial charge in [0.15, 0.2) is 0 Å². The molecule has 1 aliphatic rings. The zero-order chi connectivity index (χ0) is 19.8. The molecule has 0 bridgehead atoms. The number of hydrogen-bond acceptors (Lipinski definition) is 6. The quantitative estimate of drug-likeness (QED) is 0.716. The van der Waals surface area contributed by atoms with Crippen LogP contribution in [0, 0.1) is 0 Å². The third-order valence-electron chi connectivity index (χ3n) is 4.37. The molecule has 3 rings (SSSR count). The average Bonchev–Trinajstić information content (AvgIpc) is 3.15. The molecule has 1 fully saturated rings. The first kappa shape index (κ1) is 19.7. The van der Waals surface area contributed by atoms with Crippen molar-refractivity contribution in [1.82, 2.24) is 4.90 Å². The molecule has 1 saturated heterocycles. The van der Waals surface area contributed by atoms with Crippen LogP contribution >= 0.6 is 0 Å². The molecule has 2 aromatic carbocycles. The Morgan fingerprint density at radius 3 is 2.57 bits per heavy atom. The number of ether oxygens (including phenoxy) is 3. The number of nitrogens with one attached hydrogen (secondary N) is 1. The highest BCUT2D eigenvalue weighted by Crippen LogP contribution is 2.18. The SMILES string of the molecule is COc1ccc(N[C@@H](COCc2ccccc2)CC(=O)N2CCOC2=O)cc1. The van der Waals surface area contributed by atoms with E-state index in [2.05, 4.69) is 5.32 Å². The Balaban J connectivity index is 1.61. The van der Waals surface area contributed by atoms with Crippen molar-refractivity contribution in [3.05, 3.63) is 60.2 Å². The van der Waals surface area contributed by atoms with Crippen LogP contribution in [0.25, 0.3) is 0 Å². The topological polar surface area (TPSA) is 77.1 Å². The molecule has 1 aliphatic heterocycles. The number of methoxy groups -OCH3 is 1. The average molecular weight is 384 g/mol. The Morgan fingerprint density at radius 2 is 1.93 bits per heavy atom. The summed E-state index contributed by atoms with van der Waals surface area (Å²) >= 11 is 0. The van der Waals surface area contributed by atoms with E-state index in [9.17, 15) is 9.59 Å². The third kappa shape index (κ3) is 5.47. The number of imide groups is 1. The predicted octanol–water partition coefficient (Wildman–Crippen LogP) is 3.06. The van der Waals surface area contributed by atoms with E-state index >= 15 is 0 Å². The van der Waals surface area contributed by atoms with E-state index in [4.69, 9.17) is 14.2 Å². The predicted molar refractivity (Wildman–Crippen MR) is 104 cm³/mol. The molecule has 148 valence electrons. The van der Waals surface area contributed by atoms with Gasteiger partial charge in [-0.05, 0) is 29.8 Å². The Labute approximate surface area is 164 Å². The van der Waals surface area contributed by atoms with Gasteiger partial charge in [0.05, 0.1) is 32.9 Å². The summed E-state index contributed by atoms with van der Waals surface area (Å²) in [5.74, 6) is 0.468. The monoisotopic (exact) mass is 384 g/mol. The van der Waals surface area contributed by atoms with E-state index in [0.29, 0.717) is 13.2 Å². The smallest absolute Gasteiger partial charge is 0.416 e. The van der Waals surface area contributed by atoms with Crippen LogP contribution in [0.5, 0.6) is 5.75 Å². The minimum absolute atomic E-state index is 0.121. The molecule has 0 saturated carbocycles. The maximum atomic E-state index is 12.5. The molecule has 0 unspecified atom stereocenters. The third-order valence-corrected chi connectivity index (χ3v) is 4.37. The van der Waals surface area contributed by atoms with Crippen molar-refractivity contribution in [3.63, 3.8) is 0 Å². The van der Waals surface area contributed by atoms with E-state index in [1.807, 2.05) is 54.6 Å². The molecule has 1 atom stereocenters. The van der Waals surface area contributed by atoms with Gasteiger partial charge < -0.3 is 19.5 Å². The second-order valence-electron chi connectivity index (χ2n) is 6.43. The van der Waals surface area contributed by atoms with Crippen molar-refractivity contribution in [2.24, 2.45) is 0 Å². The molecule has 1 heterocycles. The van der Waals surface area contributed by atoms with Gasteiger partial charge in [0.25, 0.3) is 0 Å². The van der Waals surface area contributed by atoms with Crippen molar-refractivity contribution in [3.8, 4) is 5.75 Å². The fourth-order valence-corrected chi connectivity index (χ4v) is 2.91. The van der Waals surface area contributed by atoms with Crippen molar-refractivity contribution >= 4 is 17.7 Å². The summed E-state index contributed by atoms with van der Waals surface area (Å²) < 4.78 is 15.8. The number of carbonyl (C=O) groups is 2. The maximum Gasteiger partial charge on any atom is 0.416 e. The first-order valence-electron chi connectivity index (χ1n) is 9.15. The molecule has 2 amide bonds. The van der Waals surface area contributed by atoms with E-state index in [-0.39, 0.29) is 31.5 Å². The number of hydrogen-bond donors (Lipinski definition) is 1. The molecule has 0 aromatic heterocycles. The van der Waals surface area contributed by atoms with Crippen LogP contribution in [0.4, 0.5) is 10.5 Å². The molecule has 0 radical (unpaired) electrons. The minimum atomic E-state index is -0.585. The summed E-state index contributed by atoms with van der Waals surface area (Å²) in [7, 11) is 1.61. The fourth-order valence-electron chi connectivity index (χ4n) is 2.91. The van der Waals surface area contributed by atoms with Gasteiger partial charge in [-0.25, -0.2) is 9.69 Å². The van der Waals surface area contributed by atoms with Gasteiger partial charge in [-0.15, -0.1) is 0 Å². The number of benzene rings is 2. The molecular weight excluding hydrogens is 360 g/mol. The maximum absolute atomic E-state index is 12.5. The first-order chi connectivity index (χ1) is 13.7. The molecule has 7 heteroatoms. The van der Waals surface area contributed by atoms with Gasteiger partial charge in [-0.2, -0.15) is 0 Å². The first-order valence-corrected chi connectivity index (χ1v) is 9.15. The minimum Gasteiger partial charge on any atom is -0.497 e. The highest BCUT2D eigenvalue weighted by molar-refractivity contribution is 5.93. The zero-order valence-electron chi connectivity index (χ0n) is 15.8. The van der Waals surface area contributed by atoms with Crippen LogP contribution < -0.4 is 10.1 Å². The molecule has 28 heavy (non-hydrogen) atoms. The molecule has 2 aromatic rings. The highest BCUT2D eigenvalue weighted by atomic mass is 16.6. The van der Waals surface area contributed by atoms with Gasteiger partial charge in [0, 0.05) is 12.1 Å². The summed E-state index contributed by atoms with van der Waals surface area (Å²) in [5, 5.41) is 3.31. The Hall–Kier alpha value is -3.06. The van der Waals surface area contributed by atoms with Gasteiger partial charge in [0.2, 0.25) is 5.91 Å². The van der Waals surface area contributed by atoms with E-state index < -0.39 is 6.09 Å². The second kappa shape index (κ2) is 9.75. The Bertz CT molecular complexity index is 779. The lowest BCUT2D eigenvalue weighted by atomic mass is 10.1. The van der Waals surface area contributed by atoms with Crippen molar-refractivity contribution in [2.75, 3.05) is 32.2 Å². The van der Waals surface area contributed by atoms with Crippen LogP contribution in [-0.2, 0) is 20.9 Å². The number of carbonyl (C=O) groups excluding carboxylic acids is 2. The van der Waals surface area contributed by atoms with Gasteiger partial charge >= 0.3 is 6.09 Å². The number of cyclic esters (lactones) is 1. The van der Waals surface area contributed by atoms with Crippen LogP contribution in [0.3, 0.4) is 0 Å². The molecule has 0 spiro atoms. The summed E-state index contributed by atoms with van der Waals surface area (Å²) in [4.78, 5) is 25.3. The van der Waals surface area contributed by atoms with Crippen molar-refractivity contribution in [1.29, 1.82) is 0 Å². The Morgan fingerprint density at radius 1 is 1.18 bits per heavy atom. The molecule has 7 nitrogen and oxygen atoms in total. The van der Waals surface area contributed by atoms with E-state index in [1.54, 1.807) is 7.11 Å². The summed E-state index contributed by atoms with van der Waals surface area (Å²) in [6.45, 7) is 1.29. The fraction of sp³-hybridized carbons (Fsp3) is 0.333. The van der Waals surface area contributed by atoms with Crippen LogP contribution in [0.15, 0.2) is 54.6 Å². The molecule has 0 aliphatic carbocycles. The van der Waals surface area contributed by atoms with Crippen molar-refractivity contribution in [2.45, 2.75) is 19.1 Å². The number of amides is 2. The number of anilines is 1. The highest BCUT2D eigenvalue weighted by Gasteiger charge is 2.30. The van der Waals surface area contributed by atoms with Gasteiger partial charge in [0.1, 0.15) is 12.4 Å². The van der Waals surface area contributed by atoms with Gasteiger partial charge in [-0.1, -0.05) is 30.3 Å². The number of rotatable bonds is 9. The van der Waals surface area contributed by atoms with E-state index in [0.717, 1.165) is 21.9 Å². The zero-order valence-corrected chi connectivity index (χ0v) is 15.8. The molecule has 1 N–H and O–H groups in total.